The van der Waals surface area contributed by atoms with E-state index in [1.807, 2.05) is 49.2 Å². The van der Waals surface area contributed by atoms with Crippen LogP contribution in [0.2, 0.25) is 0 Å². The molecule has 0 aliphatic carbocycles. The molecule has 1 fully saturated rings. The summed E-state index contributed by atoms with van der Waals surface area (Å²) in [6.07, 6.45) is 5.58. The first kappa shape index (κ1) is 14.5. The molecule has 2 aromatic heterocycles. The van der Waals surface area contributed by atoms with Crippen LogP contribution < -0.4 is 5.32 Å². The Morgan fingerprint density at radius 3 is 2.91 bits per heavy atom. The van der Waals surface area contributed by atoms with Crippen LogP contribution in [0.5, 0.6) is 0 Å². The van der Waals surface area contributed by atoms with Gasteiger partial charge in [0.05, 0.1) is 17.4 Å². The maximum atomic E-state index is 12.6. The molecule has 0 spiro atoms. The van der Waals surface area contributed by atoms with Gasteiger partial charge in [0.15, 0.2) is 0 Å². The summed E-state index contributed by atoms with van der Waals surface area (Å²) in [5.74, 6) is 0. The van der Waals surface area contributed by atoms with Crippen LogP contribution in [0.25, 0.3) is 0 Å². The Bertz CT molecular complexity index is 672. The van der Waals surface area contributed by atoms with E-state index in [9.17, 15) is 4.79 Å². The third-order valence-corrected chi connectivity index (χ3v) is 4.05. The number of hydrogen-bond acceptors (Lipinski definition) is 3. The highest BCUT2D eigenvalue weighted by Crippen LogP contribution is 2.32. The molecule has 3 rings (SSSR count). The molecule has 5 nitrogen and oxygen atoms in total. The van der Waals surface area contributed by atoms with E-state index in [1.165, 1.54) is 0 Å². The lowest BCUT2D eigenvalue weighted by atomic mass is 10.1. The second kappa shape index (κ2) is 6.13. The molecule has 2 amide bonds. The van der Waals surface area contributed by atoms with Crippen LogP contribution >= 0.6 is 0 Å². The number of carbonyl (C=O) groups is 1. The van der Waals surface area contributed by atoms with Gasteiger partial charge in [-0.3, -0.25) is 9.97 Å². The summed E-state index contributed by atoms with van der Waals surface area (Å²) in [5, 5.41) is 2.98. The smallest absolute Gasteiger partial charge is 0.317 e. The average molecular weight is 296 g/mol. The molecule has 1 atom stereocenters. The Hall–Kier alpha value is -2.43. The molecule has 0 aromatic carbocycles. The van der Waals surface area contributed by atoms with Crippen LogP contribution in [0.3, 0.4) is 0 Å². The lowest BCUT2D eigenvalue weighted by molar-refractivity contribution is 0.207. The van der Waals surface area contributed by atoms with Gasteiger partial charge >= 0.3 is 6.03 Å². The Balaban J connectivity index is 1.76. The van der Waals surface area contributed by atoms with E-state index in [0.29, 0.717) is 0 Å². The summed E-state index contributed by atoms with van der Waals surface area (Å²) in [4.78, 5) is 23.0. The van der Waals surface area contributed by atoms with Gasteiger partial charge < -0.3 is 10.2 Å². The van der Waals surface area contributed by atoms with E-state index >= 15 is 0 Å². The summed E-state index contributed by atoms with van der Waals surface area (Å²) in [6.45, 7) is 4.62. The minimum absolute atomic E-state index is 0.0693. The van der Waals surface area contributed by atoms with Crippen molar-refractivity contribution in [3.8, 4) is 0 Å². The van der Waals surface area contributed by atoms with Gasteiger partial charge in [-0.2, -0.15) is 0 Å². The highest BCUT2D eigenvalue weighted by Gasteiger charge is 2.30. The Morgan fingerprint density at radius 1 is 1.32 bits per heavy atom. The van der Waals surface area contributed by atoms with Gasteiger partial charge in [0.25, 0.3) is 0 Å². The van der Waals surface area contributed by atoms with Crippen molar-refractivity contribution in [1.29, 1.82) is 0 Å². The molecule has 1 saturated heterocycles. The predicted molar refractivity (Wildman–Crippen MR) is 85.6 cm³/mol. The summed E-state index contributed by atoms with van der Waals surface area (Å²) >= 11 is 0. The molecule has 0 radical (unpaired) electrons. The number of anilines is 1. The lowest BCUT2D eigenvalue weighted by Gasteiger charge is -2.25. The van der Waals surface area contributed by atoms with E-state index in [-0.39, 0.29) is 12.1 Å². The monoisotopic (exact) mass is 296 g/mol. The Labute approximate surface area is 130 Å². The molecule has 1 aliphatic rings. The second-order valence-electron chi connectivity index (χ2n) is 5.65. The zero-order chi connectivity index (χ0) is 15.5. The molecule has 0 bridgehead atoms. The van der Waals surface area contributed by atoms with Gasteiger partial charge in [-0.05, 0) is 50.5 Å². The predicted octanol–water partition coefficient (Wildman–Crippen LogP) is 3.46. The molecule has 3 heterocycles. The largest absolute Gasteiger partial charge is 0.322 e. The van der Waals surface area contributed by atoms with E-state index in [1.54, 1.807) is 6.20 Å². The molecule has 5 heteroatoms. The zero-order valence-corrected chi connectivity index (χ0v) is 12.9. The standard InChI is InChI=1S/C17H20N4O/c1-12-7-8-15(13(2)19-12)20-17(22)21-10-4-6-16(21)14-5-3-9-18-11-14/h3,5,7-9,11,16H,4,6,10H2,1-2H3,(H,20,22). The number of hydrogen-bond donors (Lipinski definition) is 1. The number of urea groups is 1. The Kier molecular flexibility index (Phi) is 4.04. The van der Waals surface area contributed by atoms with Crippen LogP contribution in [0.4, 0.5) is 10.5 Å². The fourth-order valence-electron chi connectivity index (χ4n) is 2.94. The van der Waals surface area contributed by atoms with Crippen LogP contribution in [0.15, 0.2) is 36.7 Å². The number of pyridine rings is 2. The molecule has 1 unspecified atom stereocenters. The number of nitrogens with zero attached hydrogens (tertiary/aromatic N) is 3. The van der Waals surface area contributed by atoms with Gasteiger partial charge in [-0.25, -0.2) is 4.79 Å². The Morgan fingerprint density at radius 2 is 2.18 bits per heavy atom. The number of rotatable bonds is 2. The van der Waals surface area contributed by atoms with Crippen molar-refractivity contribution in [3.63, 3.8) is 0 Å². The van der Waals surface area contributed by atoms with E-state index in [4.69, 9.17) is 0 Å². The van der Waals surface area contributed by atoms with Gasteiger partial charge in [0, 0.05) is 24.6 Å². The number of aryl methyl sites for hydroxylation is 2. The third kappa shape index (κ3) is 2.93. The lowest BCUT2D eigenvalue weighted by Crippen LogP contribution is -2.34. The number of amides is 2. The third-order valence-electron chi connectivity index (χ3n) is 4.05. The minimum Gasteiger partial charge on any atom is -0.317 e. The number of carbonyl (C=O) groups excluding carboxylic acids is 1. The van der Waals surface area contributed by atoms with Crippen molar-refractivity contribution in [1.82, 2.24) is 14.9 Å². The van der Waals surface area contributed by atoms with Gasteiger partial charge in [-0.1, -0.05) is 6.07 Å². The molecule has 22 heavy (non-hydrogen) atoms. The maximum absolute atomic E-state index is 12.6. The van der Waals surface area contributed by atoms with Crippen LogP contribution in [-0.2, 0) is 0 Å². The summed E-state index contributed by atoms with van der Waals surface area (Å²) in [6, 6.07) is 7.79. The van der Waals surface area contributed by atoms with Crippen molar-refractivity contribution >= 4 is 11.7 Å². The molecule has 0 saturated carbocycles. The number of likely N-dealkylation sites (tertiary alicyclic amines) is 1. The first-order chi connectivity index (χ1) is 10.6. The quantitative estimate of drug-likeness (QED) is 0.923. The fraction of sp³-hybridized carbons (Fsp3) is 0.353. The van der Waals surface area contributed by atoms with Gasteiger partial charge in [-0.15, -0.1) is 0 Å². The molecule has 1 aliphatic heterocycles. The molecule has 1 N–H and O–H groups in total. The highest BCUT2D eigenvalue weighted by molar-refractivity contribution is 5.90. The van der Waals surface area contributed by atoms with Crippen molar-refractivity contribution in [2.24, 2.45) is 0 Å². The molecular formula is C17H20N4O. The molecule has 2 aromatic rings. The minimum atomic E-state index is -0.0693. The van der Waals surface area contributed by atoms with Crippen LogP contribution in [0, 0.1) is 13.8 Å². The first-order valence-electron chi connectivity index (χ1n) is 7.57. The van der Waals surface area contributed by atoms with Crippen molar-refractivity contribution in [2.45, 2.75) is 32.7 Å². The topological polar surface area (TPSA) is 58.1 Å². The highest BCUT2D eigenvalue weighted by atomic mass is 16.2. The SMILES string of the molecule is Cc1ccc(NC(=O)N2CCCC2c2cccnc2)c(C)n1. The van der Waals surface area contributed by atoms with E-state index in [2.05, 4.69) is 15.3 Å². The van der Waals surface area contributed by atoms with Crippen molar-refractivity contribution in [2.75, 3.05) is 11.9 Å². The van der Waals surface area contributed by atoms with E-state index < -0.39 is 0 Å². The summed E-state index contributed by atoms with van der Waals surface area (Å²) in [5.41, 5.74) is 3.65. The van der Waals surface area contributed by atoms with Gasteiger partial charge in [0.2, 0.25) is 0 Å². The first-order valence-corrected chi connectivity index (χ1v) is 7.57. The number of nitrogens with one attached hydrogen (secondary N) is 1. The second-order valence-corrected chi connectivity index (χ2v) is 5.65. The van der Waals surface area contributed by atoms with Crippen molar-refractivity contribution in [3.05, 3.63) is 53.6 Å². The summed E-state index contributed by atoms with van der Waals surface area (Å²) < 4.78 is 0. The van der Waals surface area contributed by atoms with E-state index in [0.717, 1.165) is 42.0 Å². The molecular weight excluding hydrogens is 276 g/mol. The average Bonchev–Trinajstić information content (AvgIpc) is 3.00. The van der Waals surface area contributed by atoms with Crippen molar-refractivity contribution < 1.29 is 4.79 Å². The maximum Gasteiger partial charge on any atom is 0.322 e. The van der Waals surface area contributed by atoms with Crippen LogP contribution in [0.1, 0.15) is 35.8 Å². The molecule has 114 valence electrons. The zero-order valence-electron chi connectivity index (χ0n) is 12.9. The summed E-state index contributed by atoms with van der Waals surface area (Å²) in [7, 11) is 0. The fourth-order valence-corrected chi connectivity index (χ4v) is 2.94. The number of aromatic nitrogens is 2. The van der Waals surface area contributed by atoms with Crippen LogP contribution in [-0.4, -0.2) is 27.4 Å². The normalized spacial score (nSPS) is 17.5. The van der Waals surface area contributed by atoms with Gasteiger partial charge in [0.1, 0.15) is 0 Å².